The third-order valence-corrected chi connectivity index (χ3v) is 3.13. The number of rotatable bonds is 4. The second-order valence-electron chi connectivity index (χ2n) is 4.72. The molecule has 0 aliphatic heterocycles. The molecule has 1 aromatic rings. The van der Waals surface area contributed by atoms with Crippen LogP contribution in [0.2, 0.25) is 5.02 Å². The predicted octanol–water partition coefficient (Wildman–Crippen LogP) is 4.39. The number of benzene rings is 1. The van der Waals surface area contributed by atoms with E-state index >= 15 is 0 Å². The number of hydrogen-bond acceptors (Lipinski definition) is 1. The standard InChI is InChI=1S/C13H16ClFO/c1-8(2)10-5-11(14)13(15)12(6-10)16-7-9-3-4-9/h5-6,8-9H,3-4,7H2,1-2H3. The van der Waals surface area contributed by atoms with E-state index in [2.05, 4.69) is 0 Å². The second kappa shape index (κ2) is 4.62. The van der Waals surface area contributed by atoms with Crippen molar-refractivity contribution in [1.29, 1.82) is 0 Å². The van der Waals surface area contributed by atoms with Gasteiger partial charge in [-0.05, 0) is 42.4 Å². The van der Waals surface area contributed by atoms with Gasteiger partial charge in [0.25, 0.3) is 0 Å². The smallest absolute Gasteiger partial charge is 0.183 e. The maximum Gasteiger partial charge on any atom is 0.183 e. The Hall–Kier alpha value is -0.760. The van der Waals surface area contributed by atoms with Crippen LogP contribution >= 0.6 is 11.6 Å². The molecule has 0 unspecified atom stereocenters. The van der Waals surface area contributed by atoms with Gasteiger partial charge in [-0.25, -0.2) is 4.39 Å². The van der Waals surface area contributed by atoms with Gasteiger partial charge in [0, 0.05) is 0 Å². The zero-order chi connectivity index (χ0) is 11.7. The van der Waals surface area contributed by atoms with Gasteiger partial charge in [0.05, 0.1) is 11.6 Å². The first-order valence-electron chi connectivity index (χ1n) is 5.69. The van der Waals surface area contributed by atoms with Crippen molar-refractivity contribution in [3.05, 3.63) is 28.5 Å². The molecule has 1 aromatic carbocycles. The van der Waals surface area contributed by atoms with Crippen LogP contribution in [-0.4, -0.2) is 6.61 Å². The van der Waals surface area contributed by atoms with Crippen molar-refractivity contribution in [3.63, 3.8) is 0 Å². The summed E-state index contributed by atoms with van der Waals surface area (Å²) in [6.45, 7) is 4.71. The Morgan fingerprint density at radius 1 is 1.44 bits per heavy atom. The molecule has 0 atom stereocenters. The Labute approximate surface area is 101 Å². The van der Waals surface area contributed by atoms with Gasteiger partial charge in [0.1, 0.15) is 0 Å². The molecule has 2 rings (SSSR count). The van der Waals surface area contributed by atoms with Gasteiger partial charge in [0.15, 0.2) is 11.6 Å². The summed E-state index contributed by atoms with van der Waals surface area (Å²) in [4.78, 5) is 0. The Balaban J connectivity index is 2.19. The lowest BCUT2D eigenvalue weighted by Crippen LogP contribution is -2.02. The van der Waals surface area contributed by atoms with Crippen molar-refractivity contribution in [2.24, 2.45) is 5.92 Å². The van der Waals surface area contributed by atoms with Gasteiger partial charge in [-0.2, -0.15) is 0 Å². The van der Waals surface area contributed by atoms with Crippen molar-refractivity contribution in [1.82, 2.24) is 0 Å². The molecule has 0 bridgehead atoms. The Morgan fingerprint density at radius 2 is 2.12 bits per heavy atom. The molecule has 1 aliphatic carbocycles. The van der Waals surface area contributed by atoms with E-state index in [1.54, 1.807) is 12.1 Å². The van der Waals surface area contributed by atoms with Crippen LogP contribution in [0.1, 0.15) is 38.2 Å². The van der Waals surface area contributed by atoms with Gasteiger partial charge >= 0.3 is 0 Å². The highest BCUT2D eigenvalue weighted by Gasteiger charge is 2.23. The Bertz CT molecular complexity index is 386. The van der Waals surface area contributed by atoms with E-state index in [1.165, 1.54) is 12.8 Å². The summed E-state index contributed by atoms with van der Waals surface area (Å²) < 4.78 is 19.1. The normalized spacial score (nSPS) is 15.6. The minimum atomic E-state index is -0.438. The molecule has 16 heavy (non-hydrogen) atoms. The van der Waals surface area contributed by atoms with Crippen LogP contribution < -0.4 is 4.74 Å². The third-order valence-electron chi connectivity index (χ3n) is 2.86. The third kappa shape index (κ3) is 2.67. The SMILES string of the molecule is CC(C)c1cc(Cl)c(F)c(OCC2CC2)c1. The number of halogens is 2. The molecule has 1 aliphatic rings. The van der Waals surface area contributed by atoms with Crippen molar-refractivity contribution in [3.8, 4) is 5.75 Å². The molecule has 88 valence electrons. The summed E-state index contributed by atoms with van der Waals surface area (Å²) in [6, 6.07) is 3.43. The van der Waals surface area contributed by atoms with E-state index in [4.69, 9.17) is 16.3 Å². The molecule has 0 heterocycles. The van der Waals surface area contributed by atoms with Crippen LogP contribution in [0.25, 0.3) is 0 Å². The minimum absolute atomic E-state index is 0.150. The van der Waals surface area contributed by atoms with Crippen LogP contribution in [0.4, 0.5) is 4.39 Å². The maximum atomic E-state index is 13.7. The van der Waals surface area contributed by atoms with Gasteiger partial charge in [-0.3, -0.25) is 0 Å². The highest BCUT2D eigenvalue weighted by atomic mass is 35.5. The largest absolute Gasteiger partial charge is 0.490 e. The summed E-state index contributed by atoms with van der Waals surface area (Å²) in [6.07, 6.45) is 2.39. The van der Waals surface area contributed by atoms with Crippen molar-refractivity contribution in [2.45, 2.75) is 32.6 Å². The molecular formula is C13H16ClFO. The molecule has 0 spiro atoms. The van der Waals surface area contributed by atoms with E-state index in [1.807, 2.05) is 13.8 Å². The lowest BCUT2D eigenvalue weighted by Gasteiger charge is -2.12. The van der Waals surface area contributed by atoms with Gasteiger partial charge in [-0.15, -0.1) is 0 Å². The average molecular weight is 243 g/mol. The van der Waals surface area contributed by atoms with E-state index in [9.17, 15) is 4.39 Å². The van der Waals surface area contributed by atoms with Crippen molar-refractivity contribution in [2.75, 3.05) is 6.61 Å². The molecule has 0 amide bonds. The molecular weight excluding hydrogens is 227 g/mol. The molecule has 0 N–H and O–H groups in total. The fourth-order valence-corrected chi connectivity index (χ4v) is 1.73. The monoisotopic (exact) mass is 242 g/mol. The van der Waals surface area contributed by atoms with Crippen LogP contribution in [0.15, 0.2) is 12.1 Å². The minimum Gasteiger partial charge on any atom is -0.490 e. The molecule has 1 nitrogen and oxygen atoms in total. The highest BCUT2D eigenvalue weighted by Crippen LogP contribution is 2.33. The first-order chi connectivity index (χ1) is 7.58. The Morgan fingerprint density at radius 3 is 2.69 bits per heavy atom. The number of hydrogen-bond donors (Lipinski definition) is 0. The molecule has 0 saturated heterocycles. The highest BCUT2D eigenvalue weighted by molar-refractivity contribution is 6.31. The van der Waals surface area contributed by atoms with Gasteiger partial charge < -0.3 is 4.74 Å². The second-order valence-corrected chi connectivity index (χ2v) is 5.13. The summed E-state index contributed by atoms with van der Waals surface area (Å²) in [5, 5.41) is 0.150. The molecule has 0 radical (unpaired) electrons. The molecule has 3 heteroatoms. The average Bonchev–Trinajstić information content (AvgIpc) is 3.03. The van der Waals surface area contributed by atoms with Crippen LogP contribution in [0.3, 0.4) is 0 Å². The van der Waals surface area contributed by atoms with Gasteiger partial charge in [0.2, 0.25) is 0 Å². The quantitative estimate of drug-likeness (QED) is 0.761. The van der Waals surface area contributed by atoms with Crippen LogP contribution in [-0.2, 0) is 0 Å². The summed E-state index contributed by atoms with van der Waals surface area (Å²) in [5.74, 6) is 0.789. The van der Waals surface area contributed by atoms with Crippen molar-refractivity contribution < 1.29 is 9.13 Å². The zero-order valence-electron chi connectivity index (χ0n) is 9.59. The van der Waals surface area contributed by atoms with Gasteiger partial charge in [-0.1, -0.05) is 25.4 Å². The number of ether oxygens (including phenoxy) is 1. The molecule has 1 saturated carbocycles. The van der Waals surface area contributed by atoms with E-state index in [0.29, 0.717) is 24.2 Å². The topological polar surface area (TPSA) is 9.23 Å². The van der Waals surface area contributed by atoms with E-state index < -0.39 is 5.82 Å². The fraction of sp³-hybridized carbons (Fsp3) is 0.538. The van der Waals surface area contributed by atoms with E-state index in [0.717, 1.165) is 5.56 Å². The summed E-state index contributed by atoms with van der Waals surface area (Å²) in [5.41, 5.74) is 1.01. The lowest BCUT2D eigenvalue weighted by atomic mass is 10.0. The van der Waals surface area contributed by atoms with Crippen LogP contribution in [0, 0.1) is 11.7 Å². The van der Waals surface area contributed by atoms with Crippen LogP contribution in [0.5, 0.6) is 5.75 Å². The fourth-order valence-electron chi connectivity index (χ4n) is 1.51. The molecule has 0 aromatic heterocycles. The summed E-state index contributed by atoms with van der Waals surface area (Å²) >= 11 is 5.84. The maximum absolute atomic E-state index is 13.7. The Kier molecular flexibility index (Phi) is 3.38. The first-order valence-corrected chi connectivity index (χ1v) is 6.07. The summed E-state index contributed by atoms with van der Waals surface area (Å²) in [7, 11) is 0. The van der Waals surface area contributed by atoms with E-state index in [-0.39, 0.29) is 5.02 Å². The lowest BCUT2D eigenvalue weighted by molar-refractivity contribution is 0.285. The predicted molar refractivity (Wildman–Crippen MR) is 63.7 cm³/mol. The molecule has 1 fully saturated rings. The zero-order valence-corrected chi connectivity index (χ0v) is 10.4. The first kappa shape index (κ1) is 11.7. The van der Waals surface area contributed by atoms with Crippen molar-refractivity contribution >= 4 is 11.6 Å².